The predicted octanol–water partition coefficient (Wildman–Crippen LogP) is 3.83. The van der Waals surface area contributed by atoms with E-state index in [2.05, 4.69) is 0 Å². The van der Waals surface area contributed by atoms with Crippen molar-refractivity contribution in [3.05, 3.63) is 35.7 Å². The van der Waals surface area contributed by atoms with E-state index in [0.717, 1.165) is 23.1 Å². The van der Waals surface area contributed by atoms with Crippen LogP contribution in [0.15, 0.2) is 24.3 Å². The van der Waals surface area contributed by atoms with Gasteiger partial charge in [0.05, 0.1) is 11.3 Å². The van der Waals surface area contributed by atoms with Gasteiger partial charge in [-0.2, -0.15) is 0 Å². The molecule has 2 amide bonds. The van der Waals surface area contributed by atoms with Gasteiger partial charge < -0.3 is 9.47 Å². The van der Waals surface area contributed by atoms with Crippen molar-refractivity contribution in [1.29, 1.82) is 0 Å². The quantitative estimate of drug-likeness (QED) is 0.560. The summed E-state index contributed by atoms with van der Waals surface area (Å²) in [5.74, 6) is -2.13. The fourth-order valence-corrected chi connectivity index (χ4v) is 2.34. The van der Waals surface area contributed by atoms with Gasteiger partial charge in [0.1, 0.15) is 17.0 Å². The summed E-state index contributed by atoms with van der Waals surface area (Å²) < 4.78 is 24.1. The molecule has 140 valence electrons. The molecule has 0 spiro atoms. The van der Waals surface area contributed by atoms with Crippen LogP contribution in [0.4, 0.5) is 14.9 Å². The molecular formula is C19H22FNO5. The normalized spacial score (nSPS) is 15.9. The van der Waals surface area contributed by atoms with Gasteiger partial charge in [-0.25, -0.2) is 18.9 Å². The number of nitrogens with zero attached hydrogens (tertiary/aromatic N) is 1. The second-order valence-electron chi connectivity index (χ2n) is 7.87. The topological polar surface area (TPSA) is 72.9 Å². The number of ether oxygens (including phenoxy) is 2. The van der Waals surface area contributed by atoms with E-state index >= 15 is 0 Å². The Morgan fingerprint density at radius 1 is 1.04 bits per heavy atom. The van der Waals surface area contributed by atoms with E-state index < -0.39 is 35.0 Å². The average Bonchev–Trinajstić information content (AvgIpc) is 2.67. The van der Waals surface area contributed by atoms with Crippen molar-refractivity contribution in [1.82, 2.24) is 0 Å². The van der Waals surface area contributed by atoms with Crippen LogP contribution in [0.3, 0.4) is 0 Å². The molecular weight excluding hydrogens is 341 g/mol. The molecule has 0 N–H and O–H groups in total. The van der Waals surface area contributed by atoms with E-state index in [1.54, 1.807) is 41.5 Å². The second-order valence-corrected chi connectivity index (χ2v) is 7.87. The molecule has 0 saturated heterocycles. The minimum absolute atomic E-state index is 0.125. The summed E-state index contributed by atoms with van der Waals surface area (Å²) in [6.07, 6.45) is 0.0684. The minimum atomic E-state index is -0.900. The van der Waals surface area contributed by atoms with Crippen LogP contribution < -0.4 is 4.90 Å². The van der Waals surface area contributed by atoms with E-state index in [0.29, 0.717) is 0 Å². The van der Waals surface area contributed by atoms with Gasteiger partial charge in [-0.3, -0.25) is 4.79 Å². The Labute approximate surface area is 151 Å². The number of esters is 1. The van der Waals surface area contributed by atoms with Gasteiger partial charge in [0.25, 0.3) is 5.91 Å². The largest absolute Gasteiger partial charge is 0.457 e. The lowest BCUT2D eigenvalue weighted by Crippen LogP contribution is -2.38. The molecule has 1 aliphatic heterocycles. The third-order valence-electron chi connectivity index (χ3n) is 3.17. The Kier molecular flexibility index (Phi) is 4.94. The van der Waals surface area contributed by atoms with E-state index in [9.17, 15) is 18.8 Å². The highest BCUT2D eigenvalue weighted by Gasteiger charge is 2.40. The molecule has 6 nitrogen and oxygen atoms in total. The molecule has 1 heterocycles. The predicted molar refractivity (Wildman–Crippen MR) is 93.9 cm³/mol. The van der Waals surface area contributed by atoms with Gasteiger partial charge in [0.15, 0.2) is 0 Å². The summed E-state index contributed by atoms with van der Waals surface area (Å²) in [6.45, 7) is 10.0. The number of benzene rings is 1. The lowest BCUT2D eigenvalue weighted by molar-refractivity contribution is -0.148. The van der Waals surface area contributed by atoms with Crippen molar-refractivity contribution in [2.45, 2.75) is 52.7 Å². The molecule has 7 heteroatoms. The fourth-order valence-electron chi connectivity index (χ4n) is 2.34. The van der Waals surface area contributed by atoms with E-state index in [1.807, 2.05) is 0 Å². The number of carbonyl (C=O) groups excluding carboxylic acids is 3. The van der Waals surface area contributed by atoms with Crippen LogP contribution in [0.25, 0.3) is 5.57 Å². The van der Waals surface area contributed by atoms with Gasteiger partial charge in [-0.05, 0) is 59.7 Å². The maximum absolute atomic E-state index is 13.7. The Morgan fingerprint density at radius 3 is 2.15 bits per heavy atom. The van der Waals surface area contributed by atoms with Crippen LogP contribution in [0.5, 0.6) is 0 Å². The molecule has 2 rings (SSSR count). The van der Waals surface area contributed by atoms with Crippen LogP contribution in [0.2, 0.25) is 0 Å². The third kappa shape index (κ3) is 4.47. The Balaban J connectivity index is 2.47. The van der Waals surface area contributed by atoms with Crippen LogP contribution in [0.1, 0.15) is 47.1 Å². The number of imide groups is 1. The first-order valence-electron chi connectivity index (χ1n) is 8.10. The fraction of sp³-hybridized carbons (Fsp3) is 0.421. The molecule has 1 aliphatic rings. The first-order valence-corrected chi connectivity index (χ1v) is 8.10. The zero-order valence-electron chi connectivity index (χ0n) is 15.7. The van der Waals surface area contributed by atoms with Gasteiger partial charge in [0, 0.05) is 11.6 Å². The van der Waals surface area contributed by atoms with Crippen molar-refractivity contribution in [2.24, 2.45) is 0 Å². The number of hydrogen-bond donors (Lipinski definition) is 0. The Hall–Kier alpha value is -2.70. The zero-order chi connectivity index (χ0) is 19.9. The third-order valence-corrected chi connectivity index (χ3v) is 3.17. The molecule has 0 unspecified atom stereocenters. The molecule has 0 saturated carbocycles. The first-order chi connectivity index (χ1) is 11.8. The molecule has 0 fully saturated rings. The van der Waals surface area contributed by atoms with Crippen LogP contribution in [-0.2, 0) is 19.1 Å². The number of carbonyl (C=O) groups is 3. The van der Waals surface area contributed by atoms with Gasteiger partial charge >= 0.3 is 12.1 Å². The maximum atomic E-state index is 13.7. The van der Waals surface area contributed by atoms with Crippen molar-refractivity contribution >= 4 is 29.2 Å². The number of rotatable bonds is 1. The molecule has 1 aromatic rings. The highest BCUT2D eigenvalue weighted by Crippen LogP contribution is 2.38. The van der Waals surface area contributed by atoms with Gasteiger partial charge in [0.2, 0.25) is 0 Å². The van der Waals surface area contributed by atoms with Crippen LogP contribution in [0, 0.1) is 5.82 Å². The highest BCUT2D eigenvalue weighted by molar-refractivity contribution is 6.40. The number of hydrogen-bond acceptors (Lipinski definition) is 5. The summed E-state index contributed by atoms with van der Waals surface area (Å²) in [5, 5.41) is 0. The van der Waals surface area contributed by atoms with Crippen molar-refractivity contribution in [3.8, 4) is 0 Å². The molecule has 0 aliphatic carbocycles. The molecule has 1 aromatic carbocycles. The summed E-state index contributed by atoms with van der Waals surface area (Å²) in [4.78, 5) is 38.0. The average molecular weight is 363 g/mol. The van der Waals surface area contributed by atoms with Crippen LogP contribution in [-0.4, -0.2) is 29.2 Å². The lowest BCUT2D eigenvalue weighted by atomic mass is 10.1. The van der Waals surface area contributed by atoms with Crippen molar-refractivity contribution in [3.63, 3.8) is 0 Å². The SMILES string of the molecule is CC(C)(C)OC(=O)/C=C1/C(=O)N(C(=O)OC(C)(C)C)c2ccc(F)cc21. The monoisotopic (exact) mass is 363 g/mol. The molecule has 0 aromatic heterocycles. The maximum Gasteiger partial charge on any atom is 0.422 e. The summed E-state index contributed by atoms with van der Waals surface area (Å²) in [5.41, 5.74) is -1.42. The minimum Gasteiger partial charge on any atom is -0.457 e. The van der Waals surface area contributed by atoms with Gasteiger partial charge in [-0.15, -0.1) is 0 Å². The van der Waals surface area contributed by atoms with Crippen LogP contribution >= 0.6 is 0 Å². The number of anilines is 1. The summed E-state index contributed by atoms with van der Waals surface area (Å²) in [7, 11) is 0. The zero-order valence-corrected chi connectivity index (χ0v) is 15.7. The van der Waals surface area contributed by atoms with Gasteiger partial charge in [-0.1, -0.05) is 0 Å². The molecule has 26 heavy (non-hydrogen) atoms. The van der Waals surface area contributed by atoms with E-state index in [1.165, 1.54) is 6.07 Å². The summed E-state index contributed by atoms with van der Waals surface area (Å²) in [6, 6.07) is 3.51. The highest BCUT2D eigenvalue weighted by atomic mass is 19.1. The summed E-state index contributed by atoms with van der Waals surface area (Å²) >= 11 is 0. The van der Waals surface area contributed by atoms with Crippen molar-refractivity contribution < 1.29 is 28.2 Å². The Bertz CT molecular complexity index is 799. The smallest absolute Gasteiger partial charge is 0.422 e. The molecule has 0 radical (unpaired) electrons. The van der Waals surface area contributed by atoms with Crippen molar-refractivity contribution in [2.75, 3.05) is 4.90 Å². The van der Waals surface area contributed by atoms with E-state index in [-0.39, 0.29) is 16.8 Å². The Morgan fingerprint density at radius 2 is 1.62 bits per heavy atom. The molecule has 0 atom stereocenters. The number of fused-ring (bicyclic) bond motifs is 1. The number of halogens is 1. The lowest BCUT2D eigenvalue weighted by Gasteiger charge is -2.23. The second kappa shape index (κ2) is 6.55. The standard InChI is InChI=1S/C19H22FNO5/c1-18(2,3)25-15(22)10-13-12-9-11(20)7-8-14(12)21(16(13)23)17(24)26-19(4,5)6/h7-10H,1-6H3/b13-10+. The first kappa shape index (κ1) is 19.6. The number of amides is 2. The van der Waals surface area contributed by atoms with E-state index in [4.69, 9.17) is 9.47 Å². The molecule has 0 bridgehead atoms.